The molecule has 0 bridgehead atoms. The van der Waals surface area contributed by atoms with Gasteiger partial charge in [0.2, 0.25) is 5.91 Å². The van der Waals surface area contributed by atoms with Gasteiger partial charge in [0.25, 0.3) is 0 Å². The summed E-state index contributed by atoms with van der Waals surface area (Å²) < 4.78 is 0. The highest BCUT2D eigenvalue weighted by molar-refractivity contribution is 7.80. The monoisotopic (exact) mass is 293 g/mol. The summed E-state index contributed by atoms with van der Waals surface area (Å²) in [7, 11) is 1.64. The molecule has 0 aliphatic carbocycles. The molecule has 1 unspecified atom stereocenters. The molecule has 2 heterocycles. The van der Waals surface area contributed by atoms with E-state index in [0.29, 0.717) is 5.82 Å². The second-order valence-electron chi connectivity index (χ2n) is 4.94. The van der Waals surface area contributed by atoms with E-state index in [0.717, 1.165) is 36.2 Å². The average Bonchev–Trinajstić information content (AvgIpc) is 2.89. The molecular weight excluding hydrogens is 274 g/mol. The molecule has 0 radical (unpaired) electrons. The van der Waals surface area contributed by atoms with Crippen molar-refractivity contribution in [1.82, 2.24) is 15.5 Å². The van der Waals surface area contributed by atoms with Crippen LogP contribution in [0.3, 0.4) is 0 Å². The first-order valence-electron chi connectivity index (χ1n) is 6.59. The van der Waals surface area contributed by atoms with Crippen molar-refractivity contribution < 1.29 is 4.79 Å². The summed E-state index contributed by atoms with van der Waals surface area (Å²) in [6, 6.07) is -0.232. The van der Waals surface area contributed by atoms with Crippen molar-refractivity contribution in [1.29, 1.82) is 0 Å². The number of aryl methyl sites for hydroxylation is 1. The van der Waals surface area contributed by atoms with Gasteiger partial charge in [-0.05, 0) is 32.3 Å². The third-order valence-electron chi connectivity index (χ3n) is 3.76. The number of nitrogens with two attached hydrogens (primary N) is 1. The number of aromatic nitrogens is 2. The maximum absolute atomic E-state index is 12.0. The fourth-order valence-electron chi connectivity index (χ4n) is 2.55. The Balaban J connectivity index is 2.49. The van der Waals surface area contributed by atoms with Crippen LogP contribution in [0.15, 0.2) is 0 Å². The Morgan fingerprint density at radius 2 is 2.15 bits per heavy atom. The van der Waals surface area contributed by atoms with Crippen LogP contribution < -0.4 is 16.0 Å². The Morgan fingerprint density at radius 3 is 2.75 bits per heavy atom. The first kappa shape index (κ1) is 14.6. The molecule has 2 rings (SSSR count). The lowest BCUT2D eigenvalue weighted by Gasteiger charge is -2.26. The number of amides is 1. The van der Waals surface area contributed by atoms with Crippen LogP contribution in [-0.2, 0) is 4.79 Å². The average molecular weight is 293 g/mol. The van der Waals surface area contributed by atoms with E-state index < -0.39 is 0 Å². The number of nitrogens with zero attached hydrogens (tertiary/aromatic N) is 3. The van der Waals surface area contributed by atoms with Crippen molar-refractivity contribution >= 4 is 28.9 Å². The summed E-state index contributed by atoms with van der Waals surface area (Å²) in [5, 5.41) is 11.1. The number of carbonyl (C=O) groups excluding carboxylic acids is 1. The summed E-state index contributed by atoms with van der Waals surface area (Å²) in [4.78, 5) is 14.2. The SMILES string of the molecule is CNC(=O)C1CCCN1c1nnc(C)c(C)c1C(N)=S. The zero-order valence-electron chi connectivity index (χ0n) is 11.9. The van der Waals surface area contributed by atoms with Crippen molar-refractivity contribution in [3.05, 3.63) is 16.8 Å². The molecule has 6 nitrogen and oxygen atoms in total. The van der Waals surface area contributed by atoms with E-state index in [1.54, 1.807) is 7.05 Å². The van der Waals surface area contributed by atoms with Crippen molar-refractivity contribution in [2.24, 2.45) is 5.73 Å². The topological polar surface area (TPSA) is 84.1 Å². The lowest BCUT2D eigenvalue weighted by Crippen LogP contribution is -2.43. The van der Waals surface area contributed by atoms with Crippen molar-refractivity contribution in [3.63, 3.8) is 0 Å². The number of nitrogens with one attached hydrogen (secondary N) is 1. The van der Waals surface area contributed by atoms with Gasteiger partial charge in [0, 0.05) is 13.6 Å². The molecule has 1 atom stereocenters. The zero-order valence-corrected chi connectivity index (χ0v) is 12.8. The van der Waals surface area contributed by atoms with Crippen LogP contribution in [0.5, 0.6) is 0 Å². The van der Waals surface area contributed by atoms with Crippen LogP contribution in [0, 0.1) is 13.8 Å². The van der Waals surface area contributed by atoms with E-state index >= 15 is 0 Å². The second kappa shape index (κ2) is 5.70. The normalized spacial score (nSPS) is 18.1. The Hall–Kier alpha value is -1.76. The smallest absolute Gasteiger partial charge is 0.242 e. The van der Waals surface area contributed by atoms with E-state index in [2.05, 4.69) is 15.5 Å². The summed E-state index contributed by atoms with van der Waals surface area (Å²) >= 11 is 5.15. The van der Waals surface area contributed by atoms with Gasteiger partial charge in [0.1, 0.15) is 11.0 Å². The summed E-state index contributed by atoms with van der Waals surface area (Å²) in [6.07, 6.45) is 1.73. The van der Waals surface area contributed by atoms with Gasteiger partial charge in [-0.3, -0.25) is 4.79 Å². The van der Waals surface area contributed by atoms with Crippen LogP contribution in [0.25, 0.3) is 0 Å². The maximum Gasteiger partial charge on any atom is 0.242 e. The predicted octanol–water partition coefficient (Wildman–Crippen LogP) is 0.442. The Kier molecular flexibility index (Phi) is 4.17. The van der Waals surface area contributed by atoms with Crippen molar-refractivity contribution in [2.45, 2.75) is 32.7 Å². The number of carbonyl (C=O) groups is 1. The van der Waals surface area contributed by atoms with E-state index in [1.807, 2.05) is 18.7 Å². The van der Waals surface area contributed by atoms with Gasteiger partial charge in [-0.25, -0.2) is 0 Å². The first-order valence-corrected chi connectivity index (χ1v) is 7.00. The molecule has 7 heteroatoms. The first-order chi connectivity index (χ1) is 9.47. The number of likely N-dealkylation sites (N-methyl/N-ethyl adjacent to an activating group) is 1. The van der Waals surface area contributed by atoms with Gasteiger partial charge < -0.3 is 16.0 Å². The molecule has 1 aliphatic rings. The maximum atomic E-state index is 12.0. The van der Waals surface area contributed by atoms with Crippen LogP contribution in [0.4, 0.5) is 5.82 Å². The Morgan fingerprint density at radius 1 is 1.45 bits per heavy atom. The third-order valence-corrected chi connectivity index (χ3v) is 3.96. The Labute approximate surface area is 123 Å². The fourth-order valence-corrected chi connectivity index (χ4v) is 2.80. The zero-order chi connectivity index (χ0) is 14.9. The molecule has 1 aromatic heterocycles. The van der Waals surface area contributed by atoms with Gasteiger partial charge >= 0.3 is 0 Å². The standard InChI is InChI=1S/C13H19N5OS/c1-7-8(2)16-17-12(10(7)11(14)20)18-6-4-5-9(18)13(19)15-3/h9H,4-6H2,1-3H3,(H2,14,20)(H,15,19). The van der Waals surface area contributed by atoms with E-state index in [4.69, 9.17) is 18.0 Å². The van der Waals surface area contributed by atoms with Gasteiger partial charge in [-0.2, -0.15) is 5.10 Å². The minimum Gasteiger partial charge on any atom is -0.389 e. The molecule has 0 aromatic carbocycles. The lowest BCUT2D eigenvalue weighted by atomic mass is 10.1. The molecule has 0 saturated carbocycles. The minimum absolute atomic E-state index is 0.0172. The molecule has 1 aliphatic heterocycles. The van der Waals surface area contributed by atoms with E-state index in [1.165, 1.54) is 0 Å². The molecule has 20 heavy (non-hydrogen) atoms. The molecule has 0 spiro atoms. The van der Waals surface area contributed by atoms with Crippen LogP contribution in [0.2, 0.25) is 0 Å². The molecule has 3 N–H and O–H groups in total. The highest BCUT2D eigenvalue weighted by atomic mass is 32.1. The van der Waals surface area contributed by atoms with Gasteiger partial charge in [0.15, 0.2) is 5.82 Å². The largest absolute Gasteiger partial charge is 0.389 e. The van der Waals surface area contributed by atoms with Crippen molar-refractivity contribution in [3.8, 4) is 0 Å². The molecule has 1 saturated heterocycles. The lowest BCUT2D eigenvalue weighted by molar-refractivity contribution is -0.121. The molecule has 1 aromatic rings. The van der Waals surface area contributed by atoms with Gasteiger partial charge in [0.05, 0.1) is 11.3 Å². The third kappa shape index (κ3) is 2.45. The second-order valence-corrected chi connectivity index (χ2v) is 5.38. The van der Waals surface area contributed by atoms with Crippen LogP contribution in [0.1, 0.15) is 29.7 Å². The summed E-state index contributed by atoms with van der Waals surface area (Å²) in [5.41, 5.74) is 8.29. The minimum atomic E-state index is -0.232. The molecule has 1 fully saturated rings. The highest BCUT2D eigenvalue weighted by Gasteiger charge is 2.33. The number of anilines is 1. The summed E-state index contributed by atoms with van der Waals surface area (Å²) in [5.74, 6) is 0.600. The van der Waals surface area contributed by atoms with Crippen LogP contribution >= 0.6 is 12.2 Å². The molecule has 1 amide bonds. The predicted molar refractivity (Wildman–Crippen MR) is 81.8 cm³/mol. The fraction of sp³-hybridized carbons (Fsp3) is 0.538. The van der Waals surface area contributed by atoms with E-state index in [9.17, 15) is 4.79 Å². The molecule has 108 valence electrons. The molecular formula is C13H19N5OS. The summed E-state index contributed by atoms with van der Waals surface area (Å²) in [6.45, 7) is 4.55. The Bertz CT molecular complexity index is 560. The van der Waals surface area contributed by atoms with Crippen LogP contribution in [-0.4, -0.2) is 40.7 Å². The van der Waals surface area contributed by atoms with Crippen molar-refractivity contribution in [2.75, 3.05) is 18.5 Å². The van der Waals surface area contributed by atoms with Gasteiger partial charge in [-0.15, -0.1) is 5.10 Å². The number of hydrogen-bond donors (Lipinski definition) is 2. The highest BCUT2D eigenvalue weighted by Crippen LogP contribution is 2.29. The number of hydrogen-bond acceptors (Lipinski definition) is 5. The number of thiocarbonyl (C=S) groups is 1. The van der Waals surface area contributed by atoms with Gasteiger partial charge in [-0.1, -0.05) is 12.2 Å². The quantitative estimate of drug-likeness (QED) is 0.787. The number of rotatable bonds is 3. The van der Waals surface area contributed by atoms with E-state index in [-0.39, 0.29) is 16.9 Å².